The third-order valence-electron chi connectivity index (χ3n) is 3.05. The Morgan fingerprint density at radius 1 is 1.45 bits per heavy atom. The highest BCUT2D eigenvalue weighted by Gasteiger charge is 2.23. The zero-order chi connectivity index (χ0) is 14.4. The van der Waals surface area contributed by atoms with Gasteiger partial charge in [-0.25, -0.2) is 0 Å². The van der Waals surface area contributed by atoms with Gasteiger partial charge in [0.1, 0.15) is 5.75 Å². The first-order valence-corrected chi connectivity index (χ1v) is 7.89. The van der Waals surface area contributed by atoms with Gasteiger partial charge in [0, 0.05) is 12.6 Å². The summed E-state index contributed by atoms with van der Waals surface area (Å²) < 4.78 is 6.41. The van der Waals surface area contributed by atoms with Crippen molar-refractivity contribution in [1.82, 2.24) is 10.6 Å². The molecule has 0 aromatic heterocycles. The molecule has 1 aromatic carbocycles. The van der Waals surface area contributed by atoms with Crippen molar-refractivity contribution in [2.45, 2.75) is 38.8 Å². The zero-order valence-corrected chi connectivity index (χ0v) is 13.3. The molecule has 0 radical (unpaired) electrons. The lowest BCUT2D eigenvalue weighted by Crippen LogP contribution is -2.30. The van der Waals surface area contributed by atoms with Gasteiger partial charge < -0.3 is 15.4 Å². The van der Waals surface area contributed by atoms with Crippen LogP contribution in [0.4, 0.5) is 0 Å². The van der Waals surface area contributed by atoms with E-state index in [1.165, 1.54) is 5.56 Å². The van der Waals surface area contributed by atoms with Crippen LogP contribution >= 0.6 is 15.9 Å². The molecule has 110 valence electrons. The summed E-state index contributed by atoms with van der Waals surface area (Å²) in [6.07, 6.45) is 3.31. The number of hydrogen-bond acceptors (Lipinski definition) is 3. The first-order valence-electron chi connectivity index (χ1n) is 7.10. The Morgan fingerprint density at radius 3 is 2.90 bits per heavy atom. The molecule has 2 N–H and O–H groups in total. The summed E-state index contributed by atoms with van der Waals surface area (Å²) in [6, 6.07) is 6.32. The fourth-order valence-electron chi connectivity index (χ4n) is 1.82. The lowest BCUT2D eigenvalue weighted by molar-refractivity contribution is -0.123. The van der Waals surface area contributed by atoms with Crippen LogP contribution in [-0.4, -0.2) is 25.1 Å². The summed E-state index contributed by atoms with van der Waals surface area (Å²) in [5, 5.41) is 6.25. The maximum atomic E-state index is 11.6. The van der Waals surface area contributed by atoms with E-state index in [2.05, 4.69) is 33.5 Å². The Bertz CT molecular complexity index is 461. The highest BCUT2D eigenvalue weighted by molar-refractivity contribution is 9.10. The summed E-state index contributed by atoms with van der Waals surface area (Å²) in [6.45, 7) is 4.07. The molecule has 1 saturated carbocycles. The van der Waals surface area contributed by atoms with Crippen LogP contribution in [0.3, 0.4) is 0 Å². The van der Waals surface area contributed by atoms with Crippen molar-refractivity contribution in [3.05, 3.63) is 28.2 Å². The Labute approximate surface area is 128 Å². The predicted octanol–water partition coefficient (Wildman–Crippen LogP) is 2.61. The maximum absolute atomic E-state index is 11.6. The molecule has 0 unspecified atom stereocenters. The van der Waals surface area contributed by atoms with Gasteiger partial charge in [-0.05, 0) is 59.4 Å². The molecule has 1 aliphatic carbocycles. The first-order chi connectivity index (χ1) is 9.69. The van der Waals surface area contributed by atoms with E-state index in [9.17, 15) is 4.79 Å². The molecule has 0 heterocycles. The number of carbonyl (C=O) groups is 1. The summed E-state index contributed by atoms with van der Waals surface area (Å²) in [4.78, 5) is 11.6. The fraction of sp³-hybridized carbons (Fsp3) is 0.533. The van der Waals surface area contributed by atoms with E-state index >= 15 is 0 Å². The molecule has 0 bridgehead atoms. The third kappa shape index (κ3) is 5.13. The molecule has 4 nitrogen and oxygen atoms in total. The van der Waals surface area contributed by atoms with Gasteiger partial charge >= 0.3 is 0 Å². The Morgan fingerprint density at radius 2 is 2.25 bits per heavy atom. The van der Waals surface area contributed by atoms with Crippen LogP contribution in [0.2, 0.25) is 0 Å². The highest BCUT2D eigenvalue weighted by atomic mass is 79.9. The van der Waals surface area contributed by atoms with Crippen LogP contribution in [0.25, 0.3) is 0 Å². The predicted molar refractivity (Wildman–Crippen MR) is 82.8 cm³/mol. The zero-order valence-electron chi connectivity index (χ0n) is 11.7. The summed E-state index contributed by atoms with van der Waals surface area (Å²) in [7, 11) is 0. The Balaban J connectivity index is 1.80. The first kappa shape index (κ1) is 15.3. The number of halogens is 1. The Kier molecular flexibility index (Phi) is 5.86. The van der Waals surface area contributed by atoms with Crippen LogP contribution in [0.15, 0.2) is 22.7 Å². The Hall–Kier alpha value is -1.07. The molecular weight excluding hydrogens is 320 g/mol. The van der Waals surface area contributed by atoms with Crippen LogP contribution in [0, 0.1) is 0 Å². The van der Waals surface area contributed by atoms with Crippen molar-refractivity contribution in [3.63, 3.8) is 0 Å². The second-order valence-electron chi connectivity index (χ2n) is 5.07. The van der Waals surface area contributed by atoms with Gasteiger partial charge in [0.15, 0.2) is 6.61 Å². The van der Waals surface area contributed by atoms with Crippen LogP contribution in [0.1, 0.15) is 31.7 Å². The minimum atomic E-state index is -0.0481. The molecular formula is C15H21BrN2O2. The standard InChI is InChI=1S/C15H21BrN2O2/c1-2-7-17-9-11-3-6-14(13(16)8-11)20-10-15(19)18-12-4-5-12/h3,6,8,12,17H,2,4-5,7,9-10H2,1H3,(H,18,19). The monoisotopic (exact) mass is 340 g/mol. The number of amides is 1. The second kappa shape index (κ2) is 7.64. The number of rotatable bonds is 8. The SMILES string of the molecule is CCCNCc1ccc(OCC(=O)NC2CC2)c(Br)c1. The lowest BCUT2D eigenvalue weighted by atomic mass is 10.2. The second-order valence-corrected chi connectivity index (χ2v) is 5.93. The molecule has 0 spiro atoms. The van der Waals surface area contributed by atoms with E-state index in [0.717, 1.165) is 36.8 Å². The van der Waals surface area contributed by atoms with E-state index in [1.54, 1.807) is 0 Å². The van der Waals surface area contributed by atoms with Crippen molar-refractivity contribution in [2.24, 2.45) is 0 Å². The minimum absolute atomic E-state index is 0.0481. The van der Waals surface area contributed by atoms with E-state index in [4.69, 9.17) is 4.74 Å². The van der Waals surface area contributed by atoms with E-state index in [1.807, 2.05) is 18.2 Å². The summed E-state index contributed by atoms with van der Waals surface area (Å²) >= 11 is 3.48. The number of hydrogen-bond donors (Lipinski definition) is 2. The summed E-state index contributed by atoms with van der Waals surface area (Å²) in [5.74, 6) is 0.656. The normalized spacial score (nSPS) is 14.1. The largest absolute Gasteiger partial charge is 0.483 e. The minimum Gasteiger partial charge on any atom is -0.483 e. The van der Waals surface area contributed by atoms with Gasteiger partial charge in [-0.2, -0.15) is 0 Å². The van der Waals surface area contributed by atoms with Gasteiger partial charge in [0.25, 0.3) is 5.91 Å². The molecule has 0 saturated heterocycles. The number of nitrogens with one attached hydrogen (secondary N) is 2. The van der Waals surface area contributed by atoms with Crippen molar-refractivity contribution in [1.29, 1.82) is 0 Å². The third-order valence-corrected chi connectivity index (χ3v) is 3.67. The smallest absolute Gasteiger partial charge is 0.258 e. The van der Waals surface area contributed by atoms with Gasteiger partial charge in [-0.15, -0.1) is 0 Å². The molecule has 0 aliphatic heterocycles. The molecule has 1 amide bonds. The van der Waals surface area contributed by atoms with Gasteiger partial charge in [-0.1, -0.05) is 13.0 Å². The molecule has 1 fully saturated rings. The molecule has 1 aromatic rings. The van der Waals surface area contributed by atoms with E-state index < -0.39 is 0 Å². The fourth-order valence-corrected chi connectivity index (χ4v) is 2.36. The van der Waals surface area contributed by atoms with E-state index in [-0.39, 0.29) is 12.5 Å². The van der Waals surface area contributed by atoms with Crippen molar-refractivity contribution >= 4 is 21.8 Å². The quantitative estimate of drug-likeness (QED) is 0.715. The van der Waals surface area contributed by atoms with E-state index in [0.29, 0.717) is 11.8 Å². The molecule has 20 heavy (non-hydrogen) atoms. The molecule has 2 rings (SSSR count). The van der Waals surface area contributed by atoms with Gasteiger partial charge in [-0.3, -0.25) is 4.79 Å². The van der Waals surface area contributed by atoms with Crippen molar-refractivity contribution in [3.8, 4) is 5.75 Å². The topological polar surface area (TPSA) is 50.4 Å². The number of benzene rings is 1. The average molecular weight is 341 g/mol. The van der Waals surface area contributed by atoms with Crippen LogP contribution in [0.5, 0.6) is 5.75 Å². The van der Waals surface area contributed by atoms with Crippen LogP contribution < -0.4 is 15.4 Å². The average Bonchev–Trinajstić information content (AvgIpc) is 3.22. The van der Waals surface area contributed by atoms with Crippen LogP contribution in [-0.2, 0) is 11.3 Å². The summed E-state index contributed by atoms with van der Waals surface area (Å²) in [5.41, 5.74) is 1.19. The molecule has 1 aliphatic rings. The highest BCUT2D eigenvalue weighted by Crippen LogP contribution is 2.26. The molecule has 5 heteroatoms. The maximum Gasteiger partial charge on any atom is 0.258 e. The number of ether oxygens (including phenoxy) is 1. The molecule has 0 atom stereocenters. The lowest BCUT2D eigenvalue weighted by Gasteiger charge is -2.10. The van der Waals surface area contributed by atoms with Gasteiger partial charge in [0.05, 0.1) is 4.47 Å². The van der Waals surface area contributed by atoms with Gasteiger partial charge in [0.2, 0.25) is 0 Å². The van der Waals surface area contributed by atoms with Crippen molar-refractivity contribution in [2.75, 3.05) is 13.2 Å². The van der Waals surface area contributed by atoms with Crippen molar-refractivity contribution < 1.29 is 9.53 Å². The number of carbonyl (C=O) groups excluding carboxylic acids is 1.